The van der Waals surface area contributed by atoms with E-state index < -0.39 is 17.9 Å². The second-order valence-corrected chi connectivity index (χ2v) is 8.70. The van der Waals surface area contributed by atoms with Crippen LogP contribution in [0.15, 0.2) is 11.6 Å². The molecule has 0 aromatic rings. The van der Waals surface area contributed by atoms with Crippen LogP contribution in [0.4, 0.5) is 8.78 Å². The van der Waals surface area contributed by atoms with Crippen LogP contribution in [0.3, 0.4) is 0 Å². The third-order valence-corrected chi connectivity index (χ3v) is 8.03. The Kier molecular flexibility index (Phi) is 3.66. The van der Waals surface area contributed by atoms with Gasteiger partial charge in [-0.2, -0.15) is 0 Å². The van der Waals surface area contributed by atoms with Gasteiger partial charge in [0.1, 0.15) is 0 Å². The molecule has 2 nitrogen and oxygen atoms in total. The molecule has 23 heavy (non-hydrogen) atoms. The molecule has 0 radical (unpaired) electrons. The third-order valence-electron chi connectivity index (χ3n) is 8.03. The fraction of sp³-hybridized carbons (Fsp3) is 0.895. The van der Waals surface area contributed by atoms with E-state index in [1.807, 2.05) is 0 Å². The fourth-order valence-electron chi connectivity index (χ4n) is 6.76. The number of rotatable bonds is 1. The highest BCUT2D eigenvalue weighted by Crippen LogP contribution is 2.66. The van der Waals surface area contributed by atoms with E-state index >= 15 is 0 Å². The monoisotopic (exact) mass is 326 g/mol. The summed E-state index contributed by atoms with van der Waals surface area (Å²) in [6.07, 6.45) is 4.70. The SMILES string of the molecule is C[C@]12CCC(O)CC1=CC[C@@H]1[C@H]2CC[C@]2(C(F)F)C(O)CC[C@@H]12. The molecule has 0 spiro atoms. The molecule has 0 amide bonds. The lowest BCUT2D eigenvalue weighted by molar-refractivity contribution is -0.154. The molecule has 3 fully saturated rings. The molecule has 4 heteroatoms. The van der Waals surface area contributed by atoms with E-state index in [0.717, 1.165) is 38.5 Å². The smallest absolute Gasteiger partial charge is 0.246 e. The predicted molar refractivity (Wildman–Crippen MR) is 84.0 cm³/mol. The topological polar surface area (TPSA) is 40.5 Å². The zero-order chi connectivity index (χ0) is 16.4. The summed E-state index contributed by atoms with van der Waals surface area (Å²) >= 11 is 0. The first-order valence-electron chi connectivity index (χ1n) is 9.23. The van der Waals surface area contributed by atoms with Crippen LogP contribution in [0.25, 0.3) is 0 Å². The summed E-state index contributed by atoms with van der Waals surface area (Å²) in [5.74, 6) is 0.675. The van der Waals surface area contributed by atoms with Crippen LogP contribution in [-0.2, 0) is 0 Å². The van der Waals surface area contributed by atoms with E-state index in [1.54, 1.807) is 0 Å². The maximum atomic E-state index is 13.9. The lowest BCUT2D eigenvalue weighted by Gasteiger charge is -2.57. The first-order valence-corrected chi connectivity index (χ1v) is 9.23. The van der Waals surface area contributed by atoms with Crippen LogP contribution in [0.2, 0.25) is 0 Å². The number of aliphatic hydroxyl groups is 2. The molecule has 2 unspecified atom stereocenters. The highest BCUT2D eigenvalue weighted by molar-refractivity contribution is 5.25. The number of hydrogen-bond acceptors (Lipinski definition) is 2. The van der Waals surface area contributed by atoms with E-state index in [1.165, 1.54) is 5.57 Å². The van der Waals surface area contributed by atoms with Gasteiger partial charge in [0.2, 0.25) is 6.43 Å². The number of fused-ring (bicyclic) bond motifs is 5. The van der Waals surface area contributed by atoms with Crippen LogP contribution in [-0.4, -0.2) is 28.8 Å². The van der Waals surface area contributed by atoms with Crippen LogP contribution in [0.1, 0.15) is 58.3 Å². The molecule has 3 saturated carbocycles. The summed E-state index contributed by atoms with van der Waals surface area (Å²) in [4.78, 5) is 0. The fourth-order valence-corrected chi connectivity index (χ4v) is 6.76. The summed E-state index contributed by atoms with van der Waals surface area (Å²) in [6, 6.07) is 0. The largest absolute Gasteiger partial charge is 0.393 e. The van der Waals surface area contributed by atoms with Gasteiger partial charge in [0.15, 0.2) is 0 Å². The molecule has 2 N–H and O–H groups in total. The number of halogens is 2. The summed E-state index contributed by atoms with van der Waals surface area (Å²) in [5, 5.41) is 20.3. The quantitative estimate of drug-likeness (QED) is 0.717. The summed E-state index contributed by atoms with van der Waals surface area (Å²) in [7, 11) is 0. The van der Waals surface area contributed by atoms with Gasteiger partial charge in [0.05, 0.1) is 17.6 Å². The Labute approximate surface area is 137 Å². The molecule has 0 bridgehead atoms. The van der Waals surface area contributed by atoms with E-state index in [2.05, 4.69) is 13.0 Å². The minimum Gasteiger partial charge on any atom is -0.393 e. The van der Waals surface area contributed by atoms with Gasteiger partial charge < -0.3 is 10.2 Å². The summed E-state index contributed by atoms with van der Waals surface area (Å²) in [5.41, 5.74) is 0.279. The van der Waals surface area contributed by atoms with Gasteiger partial charge in [-0.15, -0.1) is 0 Å². The van der Waals surface area contributed by atoms with Gasteiger partial charge in [0, 0.05) is 0 Å². The molecule has 0 aliphatic heterocycles. The van der Waals surface area contributed by atoms with Crippen LogP contribution in [0, 0.1) is 28.6 Å². The Balaban J connectivity index is 1.69. The highest BCUT2D eigenvalue weighted by atomic mass is 19.3. The molecule has 7 atom stereocenters. The van der Waals surface area contributed by atoms with Crippen molar-refractivity contribution in [2.24, 2.45) is 28.6 Å². The predicted octanol–water partition coefficient (Wildman–Crippen LogP) is 3.92. The average molecular weight is 326 g/mol. The van der Waals surface area contributed by atoms with Crippen molar-refractivity contribution in [1.82, 2.24) is 0 Å². The van der Waals surface area contributed by atoms with Crippen LogP contribution < -0.4 is 0 Å². The van der Waals surface area contributed by atoms with Gasteiger partial charge in [-0.3, -0.25) is 0 Å². The van der Waals surface area contributed by atoms with E-state index in [9.17, 15) is 19.0 Å². The molecule has 0 saturated heterocycles. The van der Waals surface area contributed by atoms with Crippen molar-refractivity contribution < 1.29 is 19.0 Å². The van der Waals surface area contributed by atoms with Crippen molar-refractivity contribution in [3.63, 3.8) is 0 Å². The van der Waals surface area contributed by atoms with Crippen LogP contribution in [0.5, 0.6) is 0 Å². The number of hydrogen-bond donors (Lipinski definition) is 2. The summed E-state index contributed by atoms with van der Waals surface area (Å²) in [6.45, 7) is 2.29. The van der Waals surface area contributed by atoms with Crippen molar-refractivity contribution in [3.8, 4) is 0 Å². The summed E-state index contributed by atoms with van der Waals surface area (Å²) < 4.78 is 27.9. The number of aliphatic hydroxyl groups excluding tert-OH is 2. The minimum atomic E-state index is -2.42. The Hall–Kier alpha value is -0.480. The van der Waals surface area contributed by atoms with Crippen molar-refractivity contribution in [2.75, 3.05) is 0 Å². The van der Waals surface area contributed by atoms with Gasteiger partial charge in [-0.1, -0.05) is 18.6 Å². The van der Waals surface area contributed by atoms with Crippen molar-refractivity contribution in [1.29, 1.82) is 0 Å². The first-order chi connectivity index (χ1) is 10.9. The normalized spacial score (nSPS) is 52.6. The molecule has 0 aromatic carbocycles. The number of alkyl halides is 2. The Morgan fingerprint density at radius 2 is 1.87 bits per heavy atom. The molecule has 0 aromatic heterocycles. The standard InChI is InChI=1S/C19H28F2O2/c1-18-8-6-12(22)10-11(18)2-3-13-14(18)7-9-19(17(20)21)15(13)4-5-16(19)23/h2,12-17,22-23H,3-10H2,1H3/t12?,13-,14-,15+,16?,18+,19-/m1/s1. The molecular formula is C19H28F2O2. The van der Waals surface area contributed by atoms with Gasteiger partial charge in [-0.25, -0.2) is 8.78 Å². The maximum Gasteiger partial charge on any atom is 0.246 e. The van der Waals surface area contributed by atoms with E-state index in [0.29, 0.717) is 18.8 Å². The molecule has 130 valence electrons. The zero-order valence-electron chi connectivity index (χ0n) is 13.8. The number of allylic oxidation sites excluding steroid dienone is 1. The lowest BCUT2D eigenvalue weighted by Crippen LogP contribution is -2.54. The van der Waals surface area contributed by atoms with Crippen LogP contribution >= 0.6 is 0 Å². The molecule has 4 aliphatic rings. The second-order valence-electron chi connectivity index (χ2n) is 8.70. The van der Waals surface area contributed by atoms with E-state index in [-0.39, 0.29) is 23.4 Å². The van der Waals surface area contributed by atoms with Crippen molar-refractivity contribution >= 4 is 0 Å². The highest BCUT2D eigenvalue weighted by Gasteiger charge is 2.63. The molecule has 4 rings (SSSR count). The first kappa shape index (κ1) is 16.0. The van der Waals surface area contributed by atoms with Crippen molar-refractivity contribution in [3.05, 3.63) is 11.6 Å². The van der Waals surface area contributed by atoms with Gasteiger partial charge in [0.25, 0.3) is 0 Å². The Bertz CT molecular complexity index is 519. The molecule has 4 aliphatic carbocycles. The van der Waals surface area contributed by atoms with E-state index in [4.69, 9.17) is 0 Å². The Morgan fingerprint density at radius 1 is 1.09 bits per heavy atom. The zero-order valence-corrected chi connectivity index (χ0v) is 13.8. The average Bonchev–Trinajstić information content (AvgIpc) is 2.86. The Morgan fingerprint density at radius 3 is 2.61 bits per heavy atom. The molecule has 0 heterocycles. The minimum absolute atomic E-state index is 0.0438. The molecular weight excluding hydrogens is 298 g/mol. The van der Waals surface area contributed by atoms with Crippen molar-refractivity contribution in [2.45, 2.75) is 76.9 Å². The lowest BCUT2D eigenvalue weighted by atomic mass is 9.47. The maximum absolute atomic E-state index is 13.9. The van der Waals surface area contributed by atoms with Gasteiger partial charge in [-0.05, 0) is 74.5 Å². The second kappa shape index (κ2) is 5.26. The third kappa shape index (κ3) is 2.03. The van der Waals surface area contributed by atoms with Gasteiger partial charge >= 0.3 is 0 Å².